The molecule has 3 aromatic rings. The van der Waals surface area contributed by atoms with Crippen molar-refractivity contribution in [1.82, 2.24) is 25.0 Å². The lowest BCUT2D eigenvalue weighted by atomic mass is 10.2. The predicted octanol–water partition coefficient (Wildman–Crippen LogP) is 1.89. The van der Waals surface area contributed by atoms with Gasteiger partial charge in [0.2, 0.25) is 11.7 Å². The summed E-state index contributed by atoms with van der Waals surface area (Å²) in [6, 6.07) is 18.6. The van der Waals surface area contributed by atoms with Gasteiger partial charge in [-0.25, -0.2) is 9.67 Å². The molecule has 0 saturated carbocycles. The van der Waals surface area contributed by atoms with Gasteiger partial charge in [-0.05, 0) is 19.1 Å². The van der Waals surface area contributed by atoms with E-state index in [0.717, 1.165) is 11.3 Å². The van der Waals surface area contributed by atoms with Crippen molar-refractivity contribution < 1.29 is 9.59 Å². The molecule has 0 spiro atoms. The van der Waals surface area contributed by atoms with E-state index in [9.17, 15) is 9.59 Å². The van der Waals surface area contributed by atoms with E-state index in [1.54, 1.807) is 11.6 Å². The molecule has 0 aliphatic carbocycles. The van der Waals surface area contributed by atoms with E-state index in [0.29, 0.717) is 18.9 Å². The number of aromatic nitrogens is 3. The lowest BCUT2D eigenvalue weighted by Crippen LogP contribution is -2.56. The van der Waals surface area contributed by atoms with Gasteiger partial charge in [-0.1, -0.05) is 48.5 Å². The first kappa shape index (κ1) is 17.0. The molecule has 2 aromatic carbocycles. The zero-order valence-electron chi connectivity index (χ0n) is 14.9. The van der Waals surface area contributed by atoms with E-state index in [1.165, 1.54) is 4.90 Å². The Kier molecular flexibility index (Phi) is 4.42. The Morgan fingerprint density at radius 2 is 1.74 bits per heavy atom. The largest absolute Gasteiger partial charge is 0.353 e. The van der Waals surface area contributed by atoms with Crippen LogP contribution in [-0.4, -0.2) is 50.6 Å². The molecule has 2 amide bonds. The molecule has 136 valence electrons. The molecule has 1 fully saturated rings. The van der Waals surface area contributed by atoms with Crippen LogP contribution in [-0.2, 0) is 4.79 Å². The molecule has 1 N–H and O–H groups in total. The van der Waals surface area contributed by atoms with Crippen LogP contribution in [0.15, 0.2) is 60.7 Å². The number of hydrogen-bond donors (Lipinski definition) is 1. The van der Waals surface area contributed by atoms with Crippen LogP contribution < -0.4 is 5.32 Å². The van der Waals surface area contributed by atoms with Gasteiger partial charge in [0.25, 0.3) is 5.91 Å². The fraction of sp³-hybridized carbons (Fsp3) is 0.200. The van der Waals surface area contributed by atoms with Crippen LogP contribution in [0.1, 0.15) is 17.5 Å². The predicted molar refractivity (Wildman–Crippen MR) is 100 cm³/mol. The van der Waals surface area contributed by atoms with Gasteiger partial charge < -0.3 is 10.2 Å². The maximum atomic E-state index is 13.0. The Hall–Kier alpha value is -3.48. The monoisotopic (exact) mass is 361 g/mol. The third kappa shape index (κ3) is 3.19. The van der Waals surface area contributed by atoms with Crippen LogP contribution >= 0.6 is 0 Å². The van der Waals surface area contributed by atoms with E-state index in [1.807, 2.05) is 60.7 Å². The summed E-state index contributed by atoms with van der Waals surface area (Å²) in [6.45, 7) is 2.57. The van der Waals surface area contributed by atoms with Gasteiger partial charge >= 0.3 is 0 Å². The zero-order chi connectivity index (χ0) is 18.8. The first-order chi connectivity index (χ1) is 13.1. The number of para-hydroxylation sites is 1. The number of nitrogens with one attached hydrogen (secondary N) is 1. The zero-order valence-corrected chi connectivity index (χ0v) is 14.9. The second-order valence-electron chi connectivity index (χ2n) is 6.34. The number of rotatable bonds is 3. The molecular formula is C20H19N5O2. The number of hydrogen-bond acceptors (Lipinski definition) is 4. The van der Waals surface area contributed by atoms with Crippen LogP contribution in [0.4, 0.5) is 0 Å². The fourth-order valence-electron chi connectivity index (χ4n) is 3.11. The highest BCUT2D eigenvalue weighted by atomic mass is 16.2. The maximum absolute atomic E-state index is 13.0. The number of piperazine rings is 1. The summed E-state index contributed by atoms with van der Waals surface area (Å²) in [5.74, 6) is 0.156. The summed E-state index contributed by atoms with van der Waals surface area (Å²) in [6.07, 6.45) is 0. The topological polar surface area (TPSA) is 80.1 Å². The number of nitrogens with zero attached hydrogens (tertiary/aromatic N) is 4. The van der Waals surface area contributed by atoms with Crippen LogP contribution in [0, 0.1) is 0 Å². The molecule has 1 saturated heterocycles. The number of benzene rings is 2. The van der Waals surface area contributed by atoms with Gasteiger partial charge in [-0.3, -0.25) is 9.59 Å². The normalized spacial score (nSPS) is 16.9. The Bertz CT molecular complexity index is 912. The number of amides is 2. The second-order valence-corrected chi connectivity index (χ2v) is 6.34. The molecule has 1 unspecified atom stereocenters. The van der Waals surface area contributed by atoms with Crippen LogP contribution in [0.2, 0.25) is 0 Å². The van der Waals surface area contributed by atoms with Gasteiger partial charge in [0.05, 0.1) is 5.69 Å². The molecule has 2 heterocycles. The van der Waals surface area contributed by atoms with Crippen LogP contribution in [0.25, 0.3) is 17.1 Å². The van der Waals surface area contributed by atoms with Gasteiger partial charge in [0.1, 0.15) is 6.04 Å². The molecule has 4 rings (SSSR count). The van der Waals surface area contributed by atoms with E-state index in [4.69, 9.17) is 0 Å². The van der Waals surface area contributed by atoms with Crippen LogP contribution in [0.3, 0.4) is 0 Å². The Labute approximate surface area is 156 Å². The highest BCUT2D eigenvalue weighted by molar-refractivity contribution is 5.95. The summed E-state index contributed by atoms with van der Waals surface area (Å²) in [5, 5.41) is 7.23. The van der Waals surface area contributed by atoms with Crippen molar-refractivity contribution >= 4 is 11.8 Å². The van der Waals surface area contributed by atoms with Crippen molar-refractivity contribution in [3.63, 3.8) is 0 Å². The van der Waals surface area contributed by atoms with Gasteiger partial charge in [-0.2, -0.15) is 0 Å². The lowest BCUT2D eigenvalue weighted by molar-refractivity contribution is -0.127. The third-order valence-electron chi connectivity index (χ3n) is 4.59. The van der Waals surface area contributed by atoms with E-state index < -0.39 is 6.04 Å². The van der Waals surface area contributed by atoms with Crippen molar-refractivity contribution in [2.45, 2.75) is 13.0 Å². The fourth-order valence-corrected chi connectivity index (χ4v) is 3.11. The van der Waals surface area contributed by atoms with Crippen molar-refractivity contribution in [2.24, 2.45) is 0 Å². The molecule has 1 aliphatic heterocycles. The molecule has 1 aliphatic rings. The minimum Gasteiger partial charge on any atom is -0.353 e. The van der Waals surface area contributed by atoms with E-state index >= 15 is 0 Å². The lowest BCUT2D eigenvalue weighted by Gasteiger charge is -2.31. The second kappa shape index (κ2) is 7.03. The van der Waals surface area contributed by atoms with Crippen molar-refractivity contribution in [1.29, 1.82) is 0 Å². The maximum Gasteiger partial charge on any atom is 0.294 e. The Morgan fingerprint density at radius 3 is 2.44 bits per heavy atom. The number of carbonyl (C=O) groups is 2. The van der Waals surface area contributed by atoms with Crippen molar-refractivity contribution in [2.75, 3.05) is 13.1 Å². The smallest absolute Gasteiger partial charge is 0.294 e. The quantitative estimate of drug-likeness (QED) is 0.773. The standard InChI is InChI=1S/C20H19N5O2/c1-14-19(26)21-12-13-24(14)20(27)17-22-18(15-8-4-2-5-9-15)25(23-17)16-10-6-3-7-11-16/h2-11,14H,12-13H2,1H3,(H,21,26). The molecule has 1 aromatic heterocycles. The molecule has 1 atom stereocenters. The van der Waals surface area contributed by atoms with Gasteiger partial charge in [-0.15, -0.1) is 5.10 Å². The first-order valence-corrected chi connectivity index (χ1v) is 8.82. The summed E-state index contributed by atoms with van der Waals surface area (Å²) in [5.41, 5.74) is 1.67. The van der Waals surface area contributed by atoms with Crippen molar-refractivity contribution in [3.8, 4) is 17.1 Å². The summed E-state index contributed by atoms with van der Waals surface area (Å²) in [4.78, 5) is 30.9. The molecule has 0 radical (unpaired) electrons. The molecular weight excluding hydrogens is 342 g/mol. The minimum atomic E-state index is -0.546. The van der Waals surface area contributed by atoms with Gasteiger partial charge in [0.15, 0.2) is 5.82 Å². The Morgan fingerprint density at radius 1 is 1.07 bits per heavy atom. The summed E-state index contributed by atoms with van der Waals surface area (Å²) < 4.78 is 1.66. The highest BCUT2D eigenvalue weighted by Crippen LogP contribution is 2.22. The minimum absolute atomic E-state index is 0.0826. The molecule has 7 heteroatoms. The summed E-state index contributed by atoms with van der Waals surface area (Å²) >= 11 is 0. The van der Waals surface area contributed by atoms with E-state index in [-0.39, 0.29) is 17.6 Å². The first-order valence-electron chi connectivity index (χ1n) is 8.82. The van der Waals surface area contributed by atoms with Gasteiger partial charge in [0, 0.05) is 18.7 Å². The number of carbonyl (C=O) groups excluding carboxylic acids is 2. The van der Waals surface area contributed by atoms with Crippen LogP contribution in [0.5, 0.6) is 0 Å². The SMILES string of the molecule is CC1C(=O)NCCN1C(=O)c1nc(-c2ccccc2)n(-c2ccccc2)n1. The summed E-state index contributed by atoms with van der Waals surface area (Å²) in [7, 11) is 0. The molecule has 27 heavy (non-hydrogen) atoms. The molecule has 7 nitrogen and oxygen atoms in total. The Balaban J connectivity index is 1.78. The van der Waals surface area contributed by atoms with E-state index in [2.05, 4.69) is 15.4 Å². The third-order valence-corrected chi connectivity index (χ3v) is 4.59. The highest BCUT2D eigenvalue weighted by Gasteiger charge is 2.32. The van der Waals surface area contributed by atoms with Crippen molar-refractivity contribution in [3.05, 3.63) is 66.5 Å². The average Bonchev–Trinajstić information content (AvgIpc) is 3.16. The average molecular weight is 361 g/mol. The molecule has 0 bridgehead atoms.